The van der Waals surface area contributed by atoms with Gasteiger partial charge in [-0.1, -0.05) is 0 Å². The van der Waals surface area contributed by atoms with Gasteiger partial charge in [0, 0.05) is 23.9 Å². The second kappa shape index (κ2) is 6.23. The first-order valence-corrected chi connectivity index (χ1v) is 7.20. The number of alkyl halides is 2. The molecule has 0 aromatic carbocycles. The summed E-state index contributed by atoms with van der Waals surface area (Å²) in [6.07, 6.45) is 3.23. The molecule has 1 aromatic heterocycles. The van der Waals surface area contributed by atoms with Crippen molar-refractivity contribution in [3.63, 3.8) is 0 Å². The number of carbonyl (C=O) groups excluding carboxylic acids is 1. The van der Waals surface area contributed by atoms with Crippen LogP contribution in [0.15, 0.2) is 22.9 Å². The number of ether oxygens (including phenoxy) is 1. The predicted octanol–water partition coefficient (Wildman–Crippen LogP) is 2.58. The summed E-state index contributed by atoms with van der Waals surface area (Å²) in [6.45, 7) is 0.968. The number of nitrogens with zero attached hydrogens (tertiary/aromatic N) is 2. The quantitative estimate of drug-likeness (QED) is 0.897. The highest BCUT2D eigenvalue weighted by Gasteiger charge is 2.46. The molecule has 1 N–H and O–H groups in total. The highest BCUT2D eigenvalue weighted by molar-refractivity contribution is 9.10. The molecule has 0 radical (unpaired) electrons. The van der Waals surface area contributed by atoms with Gasteiger partial charge in [0.1, 0.15) is 12.6 Å². The number of hydrogen-bond donors (Lipinski definition) is 1. The van der Waals surface area contributed by atoms with Crippen molar-refractivity contribution in [1.82, 2.24) is 15.2 Å². The van der Waals surface area contributed by atoms with Gasteiger partial charge < -0.3 is 15.0 Å². The molecule has 1 aromatic rings. The summed E-state index contributed by atoms with van der Waals surface area (Å²) in [5.74, 6) is -3.03. The van der Waals surface area contributed by atoms with Gasteiger partial charge in [-0.3, -0.25) is 4.98 Å². The lowest BCUT2D eigenvalue weighted by Crippen LogP contribution is -2.51. The molecule has 1 aliphatic rings. The van der Waals surface area contributed by atoms with Crippen LogP contribution in [-0.4, -0.2) is 48.1 Å². The average molecular weight is 364 g/mol. The SMILES string of the molecule is C[C@@H](c1ccncc1Br)N(C)C(=O)N[C@H]1COCC1(F)F. The number of carbonyl (C=O) groups is 1. The summed E-state index contributed by atoms with van der Waals surface area (Å²) in [5.41, 5.74) is 0.845. The largest absolute Gasteiger partial charge is 0.373 e. The van der Waals surface area contributed by atoms with Gasteiger partial charge in [0.25, 0.3) is 5.92 Å². The van der Waals surface area contributed by atoms with Crippen LogP contribution in [0.3, 0.4) is 0 Å². The van der Waals surface area contributed by atoms with Crippen molar-refractivity contribution >= 4 is 22.0 Å². The third kappa shape index (κ3) is 3.49. The van der Waals surface area contributed by atoms with Crippen LogP contribution in [0.2, 0.25) is 0 Å². The second-order valence-corrected chi connectivity index (χ2v) is 5.82. The van der Waals surface area contributed by atoms with Crippen LogP contribution in [0.5, 0.6) is 0 Å². The molecule has 0 aliphatic carbocycles. The van der Waals surface area contributed by atoms with Crippen LogP contribution in [0, 0.1) is 0 Å². The first-order chi connectivity index (χ1) is 9.83. The molecule has 21 heavy (non-hydrogen) atoms. The zero-order valence-corrected chi connectivity index (χ0v) is 13.2. The fourth-order valence-corrected chi connectivity index (χ4v) is 2.62. The number of rotatable bonds is 3. The lowest BCUT2D eigenvalue weighted by atomic mass is 10.1. The molecule has 8 heteroatoms. The van der Waals surface area contributed by atoms with E-state index in [9.17, 15) is 13.6 Å². The Bertz CT molecular complexity index is 530. The molecule has 5 nitrogen and oxygen atoms in total. The molecule has 116 valence electrons. The predicted molar refractivity (Wildman–Crippen MR) is 76.2 cm³/mol. The van der Waals surface area contributed by atoms with E-state index in [4.69, 9.17) is 4.74 Å². The van der Waals surface area contributed by atoms with Crippen LogP contribution in [0.1, 0.15) is 18.5 Å². The second-order valence-electron chi connectivity index (χ2n) is 4.96. The van der Waals surface area contributed by atoms with E-state index in [1.165, 1.54) is 4.90 Å². The smallest absolute Gasteiger partial charge is 0.318 e. The normalized spacial score (nSPS) is 21.9. The number of aromatic nitrogens is 1. The standard InChI is InChI=1S/C13H16BrF2N3O2/c1-8(9-3-4-17-5-10(9)14)19(2)12(20)18-11-6-21-7-13(11,15)16/h3-5,8,11H,6-7H2,1-2H3,(H,18,20)/t8-,11-/m0/s1. The Morgan fingerprint density at radius 2 is 2.38 bits per heavy atom. The van der Waals surface area contributed by atoms with Crippen molar-refractivity contribution in [1.29, 1.82) is 0 Å². The lowest BCUT2D eigenvalue weighted by Gasteiger charge is -2.28. The van der Waals surface area contributed by atoms with Gasteiger partial charge in [-0.2, -0.15) is 0 Å². The summed E-state index contributed by atoms with van der Waals surface area (Å²) in [7, 11) is 1.56. The van der Waals surface area contributed by atoms with Gasteiger partial charge in [0.05, 0.1) is 12.6 Å². The van der Waals surface area contributed by atoms with Gasteiger partial charge in [-0.05, 0) is 34.5 Å². The number of urea groups is 1. The van der Waals surface area contributed by atoms with Crippen LogP contribution >= 0.6 is 15.9 Å². The lowest BCUT2D eigenvalue weighted by molar-refractivity contribution is -0.0223. The molecule has 2 heterocycles. The van der Waals surface area contributed by atoms with E-state index in [1.807, 2.05) is 6.92 Å². The number of nitrogens with one attached hydrogen (secondary N) is 1. The van der Waals surface area contributed by atoms with Gasteiger partial charge in [0.15, 0.2) is 0 Å². The van der Waals surface area contributed by atoms with E-state index >= 15 is 0 Å². The van der Waals surface area contributed by atoms with Crippen molar-refractivity contribution < 1.29 is 18.3 Å². The number of hydrogen-bond acceptors (Lipinski definition) is 3. The summed E-state index contributed by atoms with van der Waals surface area (Å²) in [6, 6.07) is -0.383. The maximum absolute atomic E-state index is 13.4. The molecular formula is C13H16BrF2N3O2. The third-order valence-corrected chi connectivity index (χ3v) is 4.20. The van der Waals surface area contributed by atoms with Gasteiger partial charge >= 0.3 is 6.03 Å². The van der Waals surface area contributed by atoms with Crippen molar-refractivity contribution in [2.75, 3.05) is 20.3 Å². The van der Waals surface area contributed by atoms with Crippen molar-refractivity contribution in [2.24, 2.45) is 0 Å². The molecule has 1 fully saturated rings. The molecule has 1 saturated heterocycles. The Labute approximate surface area is 129 Å². The van der Waals surface area contributed by atoms with Crippen molar-refractivity contribution in [3.8, 4) is 0 Å². The molecule has 2 rings (SSSR count). The minimum absolute atomic E-state index is 0.181. The monoisotopic (exact) mass is 363 g/mol. The van der Waals surface area contributed by atoms with Crippen molar-refractivity contribution in [2.45, 2.75) is 24.9 Å². The van der Waals surface area contributed by atoms with E-state index in [1.54, 1.807) is 25.5 Å². The van der Waals surface area contributed by atoms with E-state index in [0.29, 0.717) is 0 Å². The Hall–Kier alpha value is -1.28. The fourth-order valence-electron chi connectivity index (χ4n) is 2.04. The molecule has 2 atom stereocenters. The Morgan fingerprint density at radius 1 is 1.67 bits per heavy atom. The summed E-state index contributed by atoms with van der Waals surface area (Å²) in [4.78, 5) is 17.4. The maximum atomic E-state index is 13.4. The van der Waals surface area contributed by atoms with E-state index in [-0.39, 0.29) is 12.6 Å². The summed E-state index contributed by atoms with van der Waals surface area (Å²) in [5, 5.41) is 2.32. The number of pyridine rings is 1. The summed E-state index contributed by atoms with van der Waals surface area (Å²) < 4.78 is 32.4. The van der Waals surface area contributed by atoms with Gasteiger partial charge in [0.2, 0.25) is 0 Å². The molecule has 0 spiro atoms. The Balaban J connectivity index is 2.04. The van der Waals surface area contributed by atoms with Crippen molar-refractivity contribution in [3.05, 3.63) is 28.5 Å². The van der Waals surface area contributed by atoms with Gasteiger partial charge in [-0.25, -0.2) is 13.6 Å². The van der Waals surface area contributed by atoms with Crippen LogP contribution < -0.4 is 5.32 Å². The fraction of sp³-hybridized carbons (Fsp3) is 0.538. The molecular weight excluding hydrogens is 348 g/mol. The first-order valence-electron chi connectivity index (χ1n) is 6.41. The van der Waals surface area contributed by atoms with Crippen LogP contribution in [0.25, 0.3) is 0 Å². The Kier molecular flexibility index (Phi) is 4.77. The minimum atomic E-state index is -3.03. The highest BCUT2D eigenvalue weighted by Crippen LogP contribution is 2.28. The van der Waals surface area contributed by atoms with E-state index in [2.05, 4.69) is 26.2 Å². The Morgan fingerprint density at radius 3 is 2.95 bits per heavy atom. The highest BCUT2D eigenvalue weighted by atomic mass is 79.9. The topological polar surface area (TPSA) is 54.5 Å². The third-order valence-electron chi connectivity index (χ3n) is 3.54. The van der Waals surface area contributed by atoms with Crippen LogP contribution in [-0.2, 0) is 4.74 Å². The molecule has 2 amide bonds. The molecule has 1 aliphatic heterocycles. The molecule has 0 bridgehead atoms. The summed E-state index contributed by atoms with van der Waals surface area (Å²) >= 11 is 3.36. The number of amides is 2. The van der Waals surface area contributed by atoms with Gasteiger partial charge in [-0.15, -0.1) is 0 Å². The zero-order valence-electron chi connectivity index (χ0n) is 11.6. The van der Waals surface area contributed by atoms with E-state index < -0.39 is 24.6 Å². The zero-order chi connectivity index (χ0) is 15.6. The minimum Gasteiger partial charge on any atom is -0.373 e. The van der Waals surface area contributed by atoms with Crippen LogP contribution in [0.4, 0.5) is 13.6 Å². The first kappa shape index (κ1) is 16.1. The average Bonchev–Trinajstić information content (AvgIpc) is 2.77. The number of halogens is 3. The van der Waals surface area contributed by atoms with E-state index in [0.717, 1.165) is 10.0 Å². The molecule has 0 unspecified atom stereocenters. The maximum Gasteiger partial charge on any atom is 0.318 e. The molecule has 0 saturated carbocycles.